The highest BCUT2D eigenvalue weighted by Crippen LogP contribution is 2.41. The van der Waals surface area contributed by atoms with E-state index < -0.39 is 0 Å². The van der Waals surface area contributed by atoms with Crippen molar-refractivity contribution in [2.24, 2.45) is 0 Å². The zero-order chi connectivity index (χ0) is 23.9. The van der Waals surface area contributed by atoms with E-state index in [1.54, 1.807) is 17.5 Å². The molecule has 0 spiro atoms. The Labute approximate surface area is 207 Å². The summed E-state index contributed by atoms with van der Waals surface area (Å²) in [6, 6.07) is 11.2. The van der Waals surface area contributed by atoms with Gasteiger partial charge in [0.2, 0.25) is 0 Å². The Morgan fingerprint density at radius 1 is 1.14 bits per heavy atom. The van der Waals surface area contributed by atoms with Gasteiger partial charge in [-0.3, -0.25) is 4.98 Å². The molecule has 0 unspecified atom stereocenters. The molecule has 0 radical (unpaired) electrons. The third kappa shape index (κ3) is 4.27. The van der Waals surface area contributed by atoms with Gasteiger partial charge in [0.05, 0.1) is 53.5 Å². The van der Waals surface area contributed by atoms with Gasteiger partial charge in [0.25, 0.3) is 0 Å². The predicted molar refractivity (Wildman–Crippen MR) is 134 cm³/mol. The Morgan fingerprint density at radius 3 is 2.74 bits per heavy atom. The Kier molecular flexibility index (Phi) is 5.68. The number of nitrogens with zero attached hydrogens (tertiary/aromatic N) is 6. The van der Waals surface area contributed by atoms with E-state index >= 15 is 0 Å². The maximum Gasteiger partial charge on any atom is 0.151 e. The van der Waals surface area contributed by atoms with Crippen LogP contribution in [0.5, 0.6) is 0 Å². The van der Waals surface area contributed by atoms with E-state index in [-0.39, 0.29) is 6.04 Å². The van der Waals surface area contributed by atoms with Crippen molar-refractivity contribution in [2.45, 2.75) is 50.7 Å². The van der Waals surface area contributed by atoms with Crippen LogP contribution in [0.2, 0.25) is 0 Å². The molecule has 1 aliphatic carbocycles. The molecule has 9 nitrogen and oxygen atoms in total. The highest BCUT2D eigenvalue weighted by Gasteiger charge is 2.35. The molecule has 4 aromatic rings. The minimum absolute atomic E-state index is 0.241. The number of ether oxygens (including phenoxy) is 1. The van der Waals surface area contributed by atoms with Crippen molar-refractivity contribution in [1.29, 1.82) is 5.26 Å². The molecule has 0 aromatic carbocycles. The lowest BCUT2D eigenvalue weighted by molar-refractivity contribution is -0.0157. The fraction of sp³-hybridized carbons (Fsp3) is 0.400. The van der Waals surface area contributed by atoms with E-state index in [2.05, 4.69) is 45.8 Å². The Morgan fingerprint density at radius 2 is 2.00 bits per heavy atom. The number of pyridine rings is 1. The summed E-state index contributed by atoms with van der Waals surface area (Å²) >= 11 is 1.66. The maximum absolute atomic E-state index is 9.16. The predicted octanol–water partition coefficient (Wildman–Crippen LogP) is 3.84. The smallest absolute Gasteiger partial charge is 0.151 e. The van der Waals surface area contributed by atoms with Crippen LogP contribution in [0.1, 0.15) is 43.2 Å². The second-order valence-corrected chi connectivity index (χ2v) is 10.5. The van der Waals surface area contributed by atoms with Crippen molar-refractivity contribution >= 4 is 22.5 Å². The molecule has 35 heavy (non-hydrogen) atoms. The minimum Gasteiger partial charge on any atom is -0.382 e. The first-order valence-corrected chi connectivity index (χ1v) is 12.7. The van der Waals surface area contributed by atoms with Crippen molar-refractivity contribution in [3.63, 3.8) is 0 Å². The van der Waals surface area contributed by atoms with Crippen LogP contribution in [0.3, 0.4) is 0 Å². The SMILES string of the molecule is CC(C)Nc1cc(-c2ccc3cc(C#N)cnn23)ncc1-c1nnc(C2CC(NC3COC3)C2)s1. The van der Waals surface area contributed by atoms with Gasteiger partial charge in [0, 0.05) is 29.9 Å². The van der Waals surface area contributed by atoms with Crippen molar-refractivity contribution in [1.82, 2.24) is 30.1 Å². The lowest BCUT2D eigenvalue weighted by Crippen LogP contribution is -2.53. The quantitative estimate of drug-likeness (QED) is 0.405. The minimum atomic E-state index is 0.241. The van der Waals surface area contributed by atoms with Crippen molar-refractivity contribution < 1.29 is 4.74 Å². The van der Waals surface area contributed by atoms with Crippen LogP contribution in [-0.4, -0.2) is 56.1 Å². The molecule has 6 rings (SSSR count). The first kappa shape index (κ1) is 22.1. The van der Waals surface area contributed by atoms with E-state index in [0.29, 0.717) is 23.6 Å². The van der Waals surface area contributed by atoms with Crippen molar-refractivity contribution in [3.8, 4) is 28.0 Å². The normalized spacial score (nSPS) is 19.9. The van der Waals surface area contributed by atoms with Crippen LogP contribution in [0.25, 0.3) is 27.5 Å². The van der Waals surface area contributed by atoms with Gasteiger partial charge in [0.1, 0.15) is 11.1 Å². The van der Waals surface area contributed by atoms with Crippen molar-refractivity contribution in [3.05, 3.63) is 47.2 Å². The van der Waals surface area contributed by atoms with Gasteiger partial charge >= 0.3 is 0 Å². The monoisotopic (exact) mass is 486 g/mol. The number of rotatable bonds is 7. The summed E-state index contributed by atoms with van der Waals surface area (Å²) in [7, 11) is 0. The van der Waals surface area contributed by atoms with Gasteiger partial charge in [-0.15, -0.1) is 10.2 Å². The molecule has 2 N–H and O–H groups in total. The van der Waals surface area contributed by atoms with Crippen LogP contribution in [0.15, 0.2) is 36.7 Å². The Bertz CT molecular complexity index is 1410. The van der Waals surface area contributed by atoms with E-state index in [1.165, 1.54) is 0 Å². The Hall–Kier alpha value is -3.39. The molecule has 178 valence electrons. The standard InChI is InChI=1S/C25H26N8OS/c1-14(2)29-21-8-22(23-4-3-19-5-15(9-26)10-28-33(19)23)27-11-20(21)25-32-31-24(35-25)16-6-17(7-16)30-18-12-34-13-18/h3-5,8,10-11,14,16-18,30H,6-7,12-13H2,1-2H3,(H,27,29). The van der Waals surface area contributed by atoms with Gasteiger partial charge in [-0.2, -0.15) is 10.4 Å². The fourth-order valence-electron chi connectivity index (χ4n) is 4.58. The second kappa shape index (κ2) is 9.00. The van der Waals surface area contributed by atoms with Gasteiger partial charge < -0.3 is 15.4 Å². The largest absolute Gasteiger partial charge is 0.382 e. The first-order valence-electron chi connectivity index (χ1n) is 11.9. The summed E-state index contributed by atoms with van der Waals surface area (Å²) in [5, 5.41) is 31.8. The average molecular weight is 487 g/mol. The van der Waals surface area contributed by atoms with E-state index in [1.807, 2.05) is 35.0 Å². The van der Waals surface area contributed by atoms with E-state index in [4.69, 9.17) is 15.0 Å². The molecule has 0 amide bonds. The number of hydrogen-bond acceptors (Lipinski definition) is 9. The lowest BCUT2D eigenvalue weighted by atomic mass is 9.80. The number of anilines is 1. The van der Waals surface area contributed by atoms with Crippen LogP contribution < -0.4 is 10.6 Å². The van der Waals surface area contributed by atoms with E-state index in [9.17, 15) is 0 Å². The third-order valence-electron chi connectivity index (χ3n) is 6.51. The van der Waals surface area contributed by atoms with Gasteiger partial charge in [-0.25, -0.2) is 4.52 Å². The molecule has 1 saturated carbocycles. The third-order valence-corrected chi connectivity index (χ3v) is 7.63. The molecule has 0 atom stereocenters. The molecular formula is C25H26N8OS. The molecule has 0 bridgehead atoms. The number of aromatic nitrogens is 5. The fourth-order valence-corrected chi connectivity index (χ4v) is 5.57. The highest BCUT2D eigenvalue weighted by atomic mass is 32.1. The topological polar surface area (TPSA) is 113 Å². The summed E-state index contributed by atoms with van der Waals surface area (Å²) in [6.45, 7) is 5.88. The van der Waals surface area contributed by atoms with Gasteiger partial charge in [0.15, 0.2) is 5.01 Å². The average Bonchev–Trinajstić information content (AvgIpc) is 3.43. The molecule has 1 saturated heterocycles. The van der Waals surface area contributed by atoms with Crippen LogP contribution >= 0.6 is 11.3 Å². The van der Waals surface area contributed by atoms with E-state index in [0.717, 1.165) is 64.2 Å². The molecular weight excluding hydrogens is 460 g/mol. The summed E-state index contributed by atoms with van der Waals surface area (Å²) < 4.78 is 7.07. The highest BCUT2D eigenvalue weighted by molar-refractivity contribution is 7.14. The van der Waals surface area contributed by atoms with Gasteiger partial charge in [-0.05, 0) is 51.0 Å². The first-order chi connectivity index (χ1) is 17.1. The number of nitrogens with one attached hydrogen (secondary N) is 2. The molecule has 10 heteroatoms. The van der Waals surface area contributed by atoms with Crippen LogP contribution in [-0.2, 0) is 4.74 Å². The zero-order valence-electron chi connectivity index (χ0n) is 19.6. The maximum atomic E-state index is 9.16. The lowest BCUT2D eigenvalue weighted by Gasteiger charge is -2.39. The number of fused-ring (bicyclic) bond motifs is 1. The van der Waals surface area contributed by atoms with Crippen LogP contribution in [0.4, 0.5) is 5.69 Å². The molecule has 5 heterocycles. The Balaban J connectivity index is 1.26. The second-order valence-electron chi connectivity index (χ2n) is 9.54. The summed E-state index contributed by atoms with van der Waals surface area (Å²) in [5.41, 5.74) is 4.97. The van der Waals surface area contributed by atoms with Crippen molar-refractivity contribution in [2.75, 3.05) is 18.5 Å². The van der Waals surface area contributed by atoms with Gasteiger partial charge in [-0.1, -0.05) is 11.3 Å². The summed E-state index contributed by atoms with van der Waals surface area (Å²) in [4.78, 5) is 4.76. The molecule has 2 fully saturated rings. The zero-order valence-corrected chi connectivity index (χ0v) is 20.4. The molecule has 4 aromatic heterocycles. The molecule has 1 aliphatic heterocycles. The van der Waals surface area contributed by atoms with Crippen LogP contribution in [0, 0.1) is 11.3 Å². The number of nitriles is 1. The molecule has 2 aliphatic rings. The summed E-state index contributed by atoms with van der Waals surface area (Å²) in [5.74, 6) is 0.463. The number of hydrogen-bond donors (Lipinski definition) is 2. The summed E-state index contributed by atoms with van der Waals surface area (Å²) in [6.07, 6.45) is 5.64.